The zero-order valence-corrected chi connectivity index (χ0v) is 17.4. The van der Waals surface area contributed by atoms with E-state index < -0.39 is 0 Å². The number of phenolic OH excluding ortho intramolecular Hbond substituents is 1. The van der Waals surface area contributed by atoms with Gasteiger partial charge in [-0.25, -0.2) is 0 Å². The van der Waals surface area contributed by atoms with E-state index in [-0.39, 0.29) is 5.75 Å². The van der Waals surface area contributed by atoms with Gasteiger partial charge in [-0.3, -0.25) is 4.98 Å². The van der Waals surface area contributed by atoms with Gasteiger partial charge >= 0.3 is 0 Å². The molecule has 1 aromatic heterocycles. The summed E-state index contributed by atoms with van der Waals surface area (Å²) in [6, 6.07) is 38.1. The maximum Gasteiger partial charge on any atom is 0.123 e. The summed E-state index contributed by atoms with van der Waals surface area (Å²) in [6.07, 6.45) is 1.81. The molecule has 0 atom stereocenters. The molecule has 0 saturated heterocycles. The molecule has 2 N–H and O–H groups in total. The van der Waals surface area contributed by atoms with Crippen molar-refractivity contribution < 1.29 is 5.11 Å². The van der Waals surface area contributed by atoms with Gasteiger partial charge in [0.25, 0.3) is 0 Å². The van der Waals surface area contributed by atoms with Crippen LogP contribution >= 0.6 is 0 Å². The quantitative estimate of drug-likeness (QED) is 0.312. The third kappa shape index (κ3) is 4.09. The Morgan fingerprint density at radius 1 is 0.562 bits per heavy atom. The number of rotatable bonds is 5. The van der Waals surface area contributed by atoms with Crippen molar-refractivity contribution in [2.45, 2.75) is 0 Å². The summed E-state index contributed by atoms with van der Waals surface area (Å²) in [7, 11) is 0. The molecule has 0 aliphatic heterocycles. The Hall–Kier alpha value is -4.37. The lowest BCUT2D eigenvalue weighted by atomic mass is 9.98. The van der Waals surface area contributed by atoms with Crippen LogP contribution in [0.4, 0.5) is 11.4 Å². The standard InChI is InChI=1S/C29H22N2O/c32-29-17-4-2-13-25(29)23-11-7-9-21(19-23)22-10-8-12-24(20-22)31-28-16-3-1-14-26(28)27-15-5-6-18-30-27/h1-20,31-32H. The van der Waals surface area contributed by atoms with Crippen molar-refractivity contribution >= 4 is 11.4 Å². The molecule has 0 spiro atoms. The first-order valence-electron chi connectivity index (χ1n) is 10.5. The van der Waals surface area contributed by atoms with E-state index in [1.807, 2.05) is 72.9 Å². The topological polar surface area (TPSA) is 45.1 Å². The number of benzene rings is 4. The van der Waals surface area contributed by atoms with Gasteiger partial charge in [-0.15, -0.1) is 0 Å². The highest BCUT2D eigenvalue weighted by atomic mass is 16.3. The molecule has 32 heavy (non-hydrogen) atoms. The van der Waals surface area contributed by atoms with Crippen LogP contribution in [0.25, 0.3) is 33.5 Å². The Bertz CT molecular complexity index is 1360. The summed E-state index contributed by atoms with van der Waals surface area (Å²) in [5.74, 6) is 0.284. The molecule has 0 amide bonds. The molecule has 0 radical (unpaired) electrons. The van der Waals surface area contributed by atoms with E-state index in [2.05, 4.69) is 52.8 Å². The lowest BCUT2D eigenvalue weighted by Gasteiger charge is -2.13. The van der Waals surface area contributed by atoms with Crippen molar-refractivity contribution in [3.63, 3.8) is 0 Å². The molecular weight excluding hydrogens is 392 g/mol. The lowest BCUT2D eigenvalue weighted by Crippen LogP contribution is -1.94. The number of aromatic hydroxyl groups is 1. The van der Waals surface area contributed by atoms with Crippen LogP contribution < -0.4 is 5.32 Å². The number of hydrogen-bond acceptors (Lipinski definition) is 3. The third-order valence-electron chi connectivity index (χ3n) is 5.42. The minimum absolute atomic E-state index is 0.284. The zero-order valence-electron chi connectivity index (χ0n) is 17.4. The number of phenols is 1. The molecule has 154 valence electrons. The van der Waals surface area contributed by atoms with Gasteiger partial charge in [0.05, 0.1) is 5.69 Å². The smallest absolute Gasteiger partial charge is 0.123 e. The predicted molar refractivity (Wildman–Crippen MR) is 132 cm³/mol. The Kier molecular flexibility index (Phi) is 5.38. The first-order chi connectivity index (χ1) is 15.8. The second kappa shape index (κ2) is 8.78. The highest BCUT2D eigenvalue weighted by Crippen LogP contribution is 2.34. The second-order valence-electron chi connectivity index (χ2n) is 7.56. The van der Waals surface area contributed by atoms with Crippen molar-refractivity contribution in [2.24, 2.45) is 0 Å². The van der Waals surface area contributed by atoms with Gasteiger partial charge in [0, 0.05) is 28.7 Å². The van der Waals surface area contributed by atoms with Gasteiger partial charge in [-0.1, -0.05) is 72.8 Å². The van der Waals surface area contributed by atoms with E-state index in [9.17, 15) is 5.11 Å². The van der Waals surface area contributed by atoms with Crippen LogP contribution in [-0.4, -0.2) is 10.1 Å². The molecule has 0 saturated carbocycles. The highest BCUT2D eigenvalue weighted by Gasteiger charge is 2.08. The van der Waals surface area contributed by atoms with Crippen molar-refractivity contribution in [3.8, 4) is 39.3 Å². The zero-order chi connectivity index (χ0) is 21.8. The number of aromatic nitrogens is 1. The Morgan fingerprint density at radius 3 is 2.06 bits per heavy atom. The molecule has 5 rings (SSSR count). The Morgan fingerprint density at radius 2 is 1.25 bits per heavy atom. The molecule has 0 bridgehead atoms. The van der Waals surface area contributed by atoms with Gasteiger partial charge in [0.15, 0.2) is 0 Å². The van der Waals surface area contributed by atoms with Gasteiger partial charge in [0.2, 0.25) is 0 Å². The van der Waals surface area contributed by atoms with Gasteiger partial charge in [-0.2, -0.15) is 0 Å². The summed E-state index contributed by atoms with van der Waals surface area (Å²) in [4.78, 5) is 4.50. The van der Waals surface area contributed by atoms with Gasteiger partial charge < -0.3 is 10.4 Å². The van der Waals surface area contributed by atoms with Crippen molar-refractivity contribution in [2.75, 3.05) is 5.32 Å². The molecule has 3 heteroatoms. The summed E-state index contributed by atoms with van der Waals surface area (Å²) in [5.41, 5.74) is 8.00. The van der Waals surface area contributed by atoms with Crippen molar-refractivity contribution in [3.05, 3.63) is 121 Å². The van der Waals surface area contributed by atoms with Crippen molar-refractivity contribution in [1.82, 2.24) is 4.98 Å². The highest BCUT2D eigenvalue weighted by molar-refractivity contribution is 5.81. The molecule has 0 aliphatic rings. The Balaban J connectivity index is 1.47. The molecule has 0 aliphatic carbocycles. The number of nitrogens with zero attached hydrogens (tertiary/aromatic N) is 1. The fraction of sp³-hybridized carbons (Fsp3) is 0. The molecule has 3 nitrogen and oxygen atoms in total. The van der Waals surface area contributed by atoms with Crippen LogP contribution in [0.1, 0.15) is 0 Å². The monoisotopic (exact) mass is 414 g/mol. The van der Waals surface area contributed by atoms with E-state index in [4.69, 9.17) is 0 Å². The minimum atomic E-state index is 0.284. The molecule has 0 fully saturated rings. The van der Waals surface area contributed by atoms with E-state index in [1.54, 1.807) is 6.07 Å². The number of hydrogen-bond donors (Lipinski definition) is 2. The predicted octanol–water partition coefficient (Wildman–Crippen LogP) is 7.53. The Labute approximate surface area is 187 Å². The van der Waals surface area contributed by atoms with Crippen LogP contribution in [-0.2, 0) is 0 Å². The molecule has 4 aromatic carbocycles. The fourth-order valence-electron chi connectivity index (χ4n) is 3.85. The lowest BCUT2D eigenvalue weighted by molar-refractivity contribution is 0.477. The fourth-order valence-corrected chi connectivity index (χ4v) is 3.85. The number of para-hydroxylation sites is 2. The van der Waals surface area contributed by atoms with Crippen LogP contribution in [0, 0.1) is 0 Å². The largest absolute Gasteiger partial charge is 0.507 e. The molecule has 0 unspecified atom stereocenters. The van der Waals surface area contributed by atoms with Crippen LogP contribution in [0.2, 0.25) is 0 Å². The number of anilines is 2. The summed E-state index contributed by atoms with van der Waals surface area (Å²) in [6.45, 7) is 0. The maximum absolute atomic E-state index is 10.2. The molecule has 1 heterocycles. The molecule has 5 aromatic rings. The number of nitrogens with one attached hydrogen (secondary N) is 1. The summed E-state index contributed by atoms with van der Waals surface area (Å²) < 4.78 is 0. The van der Waals surface area contributed by atoms with E-state index in [1.165, 1.54) is 0 Å². The molecular formula is C29H22N2O. The third-order valence-corrected chi connectivity index (χ3v) is 5.42. The van der Waals surface area contributed by atoms with E-state index >= 15 is 0 Å². The average molecular weight is 415 g/mol. The first-order valence-corrected chi connectivity index (χ1v) is 10.5. The van der Waals surface area contributed by atoms with E-state index in [0.717, 1.165) is 44.9 Å². The number of pyridine rings is 1. The average Bonchev–Trinajstić information content (AvgIpc) is 2.85. The van der Waals surface area contributed by atoms with Gasteiger partial charge in [-0.05, 0) is 59.2 Å². The van der Waals surface area contributed by atoms with Crippen LogP contribution in [0.3, 0.4) is 0 Å². The first kappa shape index (κ1) is 19.6. The van der Waals surface area contributed by atoms with Crippen LogP contribution in [0.15, 0.2) is 121 Å². The summed E-state index contributed by atoms with van der Waals surface area (Å²) in [5, 5.41) is 13.8. The van der Waals surface area contributed by atoms with Crippen LogP contribution in [0.5, 0.6) is 5.75 Å². The van der Waals surface area contributed by atoms with Gasteiger partial charge in [0.1, 0.15) is 5.75 Å². The summed E-state index contributed by atoms with van der Waals surface area (Å²) >= 11 is 0. The normalized spacial score (nSPS) is 10.6. The van der Waals surface area contributed by atoms with E-state index in [0.29, 0.717) is 0 Å². The SMILES string of the molecule is Oc1ccccc1-c1cccc(-c2cccc(Nc3ccccc3-c3ccccn3)c2)c1. The second-order valence-corrected chi connectivity index (χ2v) is 7.56. The maximum atomic E-state index is 10.2. The minimum Gasteiger partial charge on any atom is -0.507 e. The van der Waals surface area contributed by atoms with Crippen molar-refractivity contribution in [1.29, 1.82) is 0 Å².